The fraction of sp³-hybridized carbons (Fsp3) is 0.444. The molecule has 4 nitrogen and oxygen atoms in total. The molecule has 2 aromatic rings. The van der Waals surface area contributed by atoms with Gasteiger partial charge < -0.3 is 4.74 Å². The number of hydrogen-bond donors (Lipinski definition) is 0. The van der Waals surface area contributed by atoms with E-state index in [2.05, 4.69) is 46.1 Å². The Bertz CT molecular complexity index is 606. The van der Waals surface area contributed by atoms with Crippen molar-refractivity contribution in [2.75, 3.05) is 20.2 Å². The highest BCUT2D eigenvalue weighted by atomic mass is 16.5. The lowest BCUT2D eigenvalue weighted by Crippen LogP contribution is -2.32. The first-order valence-electron chi connectivity index (χ1n) is 7.99. The van der Waals surface area contributed by atoms with Crippen LogP contribution in [0.4, 0.5) is 0 Å². The monoisotopic (exact) mass is 297 g/mol. The lowest BCUT2D eigenvalue weighted by Gasteiger charge is -2.32. The molecule has 22 heavy (non-hydrogen) atoms. The standard InChI is InChI=1S/C18H23N3O/c1-14(21-12-4-3-5-13-21)15-6-8-16(9-7-15)17-18(22-2)20-11-10-19-17/h6-11,14H,3-5,12-13H2,1-2H3/t14-/m0/s1. The van der Waals surface area contributed by atoms with Gasteiger partial charge in [-0.2, -0.15) is 0 Å². The summed E-state index contributed by atoms with van der Waals surface area (Å²) in [4.78, 5) is 11.2. The summed E-state index contributed by atoms with van der Waals surface area (Å²) in [6.07, 6.45) is 7.35. The Kier molecular flexibility index (Phi) is 4.68. The minimum Gasteiger partial charge on any atom is -0.479 e. The van der Waals surface area contributed by atoms with E-state index >= 15 is 0 Å². The number of ether oxygens (including phenoxy) is 1. The molecule has 0 N–H and O–H groups in total. The van der Waals surface area contributed by atoms with Gasteiger partial charge in [-0.05, 0) is 38.4 Å². The summed E-state index contributed by atoms with van der Waals surface area (Å²) >= 11 is 0. The number of nitrogens with zero attached hydrogens (tertiary/aromatic N) is 3. The van der Waals surface area contributed by atoms with E-state index in [1.54, 1.807) is 19.5 Å². The van der Waals surface area contributed by atoms with Crippen molar-refractivity contribution in [3.8, 4) is 17.1 Å². The third-order valence-corrected chi connectivity index (χ3v) is 4.46. The lowest BCUT2D eigenvalue weighted by atomic mass is 10.0. The van der Waals surface area contributed by atoms with Gasteiger partial charge in [0.25, 0.3) is 0 Å². The summed E-state index contributed by atoms with van der Waals surface area (Å²) in [7, 11) is 1.63. The van der Waals surface area contributed by atoms with Gasteiger partial charge in [0.1, 0.15) is 5.69 Å². The van der Waals surface area contributed by atoms with Crippen LogP contribution in [0.5, 0.6) is 5.88 Å². The maximum Gasteiger partial charge on any atom is 0.240 e. The fourth-order valence-electron chi connectivity index (χ4n) is 3.11. The van der Waals surface area contributed by atoms with Crippen LogP contribution in [-0.4, -0.2) is 35.1 Å². The van der Waals surface area contributed by atoms with Gasteiger partial charge in [-0.15, -0.1) is 0 Å². The number of hydrogen-bond acceptors (Lipinski definition) is 4. The second-order valence-corrected chi connectivity index (χ2v) is 5.81. The van der Waals surface area contributed by atoms with Gasteiger partial charge in [-0.25, -0.2) is 9.97 Å². The van der Waals surface area contributed by atoms with E-state index in [0.717, 1.165) is 11.3 Å². The molecular weight excluding hydrogens is 274 g/mol. The molecular formula is C18H23N3O. The Morgan fingerprint density at radius 1 is 1.00 bits per heavy atom. The first kappa shape index (κ1) is 15.0. The molecule has 1 aromatic heterocycles. The van der Waals surface area contributed by atoms with Crippen LogP contribution in [0.25, 0.3) is 11.3 Å². The average molecular weight is 297 g/mol. The molecule has 0 aliphatic carbocycles. The number of likely N-dealkylation sites (tertiary alicyclic amines) is 1. The van der Waals surface area contributed by atoms with Crippen molar-refractivity contribution in [2.45, 2.75) is 32.2 Å². The second-order valence-electron chi connectivity index (χ2n) is 5.81. The Labute approximate surface area is 132 Å². The summed E-state index contributed by atoms with van der Waals surface area (Å²) in [5, 5.41) is 0. The molecule has 0 spiro atoms. The van der Waals surface area contributed by atoms with Gasteiger partial charge in [-0.1, -0.05) is 30.7 Å². The molecule has 1 fully saturated rings. The highest BCUT2D eigenvalue weighted by Crippen LogP contribution is 2.28. The van der Waals surface area contributed by atoms with Gasteiger partial charge in [0.05, 0.1) is 7.11 Å². The molecule has 1 aliphatic heterocycles. The van der Waals surface area contributed by atoms with Gasteiger partial charge in [-0.3, -0.25) is 4.90 Å². The first-order valence-corrected chi connectivity index (χ1v) is 7.99. The molecule has 2 heterocycles. The zero-order chi connectivity index (χ0) is 15.4. The predicted octanol–water partition coefficient (Wildman–Crippen LogP) is 3.70. The minimum atomic E-state index is 0.470. The number of benzene rings is 1. The third kappa shape index (κ3) is 3.12. The second kappa shape index (κ2) is 6.88. The molecule has 0 bridgehead atoms. The highest BCUT2D eigenvalue weighted by Gasteiger charge is 2.18. The normalized spacial score (nSPS) is 17.2. The Hall–Kier alpha value is -1.94. The lowest BCUT2D eigenvalue weighted by molar-refractivity contribution is 0.175. The Balaban J connectivity index is 1.80. The van der Waals surface area contributed by atoms with Gasteiger partial charge >= 0.3 is 0 Å². The molecule has 1 aromatic carbocycles. The van der Waals surface area contributed by atoms with E-state index in [-0.39, 0.29) is 0 Å². The average Bonchev–Trinajstić information content (AvgIpc) is 2.62. The van der Waals surface area contributed by atoms with Crippen molar-refractivity contribution in [1.29, 1.82) is 0 Å². The molecule has 0 saturated carbocycles. The smallest absolute Gasteiger partial charge is 0.240 e. The molecule has 1 aliphatic rings. The van der Waals surface area contributed by atoms with Crippen LogP contribution < -0.4 is 4.74 Å². The van der Waals surface area contributed by atoms with Crippen LogP contribution in [0.15, 0.2) is 36.7 Å². The zero-order valence-corrected chi connectivity index (χ0v) is 13.3. The molecule has 1 atom stereocenters. The van der Waals surface area contributed by atoms with Crippen molar-refractivity contribution in [2.24, 2.45) is 0 Å². The highest BCUT2D eigenvalue weighted by molar-refractivity contribution is 5.64. The Morgan fingerprint density at radius 3 is 2.36 bits per heavy atom. The van der Waals surface area contributed by atoms with Crippen LogP contribution >= 0.6 is 0 Å². The summed E-state index contributed by atoms with van der Waals surface area (Å²) in [6.45, 7) is 4.71. The van der Waals surface area contributed by atoms with Crippen LogP contribution in [0.1, 0.15) is 37.8 Å². The van der Waals surface area contributed by atoms with Crippen molar-refractivity contribution < 1.29 is 4.74 Å². The van der Waals surface area contributed by atoms with Crippen molar-refractivity contribution >= 4 is 0 Å². The molecule has 1 saturated heterocycles. The maximum atomic E-state index is 5.29. The number of rotatable bonds is 4. The molecule has 0 amide bonds. The van der Waals surface area contributed by atoms with Gasteiger partial charge in [0.15, 0.2) is 0 Å². The topological polar surface area (TPSA) is 38.3 Å². The molecule has 4 heteroatoms. The number of piperidine rings is 1. The third-order valence-electron chi connectivity index (χ3n) is 4.46. The van der Waals surface area contributed by atoms with E-state index in [0.29, 0.717) is 11.9 Å². The van der Waals surface area contributed by atoms with Crippen LogP contribution in [0.3, 0.4) is 0 Å². The summed E-state index contributed by atoms with van der Waals surface area (Å²) < 4.78 is 5.29. The van der Waals surface area contributed by atoms with Crippen LogP contribution in [-0.2, 0) is 0 Å². The number of methoxy groups -OCH3 is 1. The SMILES string of the molecule is COc1nccnc1-c1ccc([C@H](C)N2CCCCC2)cc1. The van der Waals surface area contributed by atoms with E-state index in [9.17, 15) is 0 Å². The van der Waals surface area contributed by atoms with Gasteiger partial charge in [0, 0.05) is 24.0 Å². The quantitative estimate of drug-likeness (QED) is 0.862. The Morgan fingerprint density at radius 2 is 1.68 bits per heavy atom. The first-order chi connectivity index (χ1) is 10.8. The maximum absolute atomic E-state index is 5.29. The van der Waals surface area contributed by atoms with E-state index < -0.39 is 0 Å². The molecule has 3 rings (SSSR count). The van der Waals surface area contributed by atoms with Crippen molar-refractivity contribution in [3.05, 3.63) is 42.2 Å². The predicted molar refractivity (Wildman–Crippen MR) is 87.9 cm³/mol. The fourth-order valence-corrected chi connectivity index (χ4v) is 3.11. The van der Waals surface area contributed by atoms with Crippen molar-refractivity contribution in [1.82, 2.24) is 14.9 Å². The van der Waals surface area contributed by atoms with Crippen LogP contribution in [0, 0.1) is 0 Å². The molecule has 0 unspecified atom stereocenters. The summed E-state index contributed by atoms with van der Waals surface area (Å²) in [6, 6.07) is 9.09. The van der Waals surface area contributed by atoms with E-state index in [4.69, 9.17) is 4.74 Å². The van der Waals surface area contributed by atoms with E-state index in [1.807, 2.05) is 0 Å². The summed E-state index contributed by atoms with van der Waals surface area (Å²) in [5.74, 6) is 0.569. The van der Waals surface area contributed by atoms with Crippen molar-refractivity contribution in [3.63, 3.8) is 0 Å². The molecule has 116 valence electrons. The van der Waals surface area contributed by atoms with Gasteiger partial charge in [0.2, 0.25) is 5.88 Å². The zero-order valence-electron chi connectivity index (χ0n) is 13.3. The van der Waals surface area contributed by atoms with E-state index in [1.165, 1.54) is 37.9 Å². The summed E-state index contributed by atoms with van der Waals surface area (Å²) in [5.41, 5.74) is 3.19. The van der Waals surface area contributed by atoms with Crippen LogP contribution in [0.2, 0.25) is 0 Å². The number of aromatic nitrogens is 2. The minimum absolute atomic E-state index is 0.470. The molecule has 0 radical (unpaired) electrons. The largest absolute Gasteiger partial charge is 0.479 e.